The Kier molecular flexibility index (Phi) is 5.38. The van der Waals surface area contributed by atoms with Gasteiger partial charge in [-0.15, -0.1) is 0 Å². The molecule has 0 bridgehead atoms. The Morgan fingerprint density at radius 3 is 2.52 bits per heavy atom. The van der Waals surface area contributed by atoms with E-state index in [4.69, 9.17) is 9.72 Å². The van der Waals surface area contributed by atoms with Crippen molar-refractivity contribution >= 4 is 22.9 Å². The van der Waals surface area contributed by atoms with Crippen LogP contribution in [0.15, 0.2) is 66.9 Å². The summed E-state index contributed by atoms with van der Waals surface area (Å²) in [5, 5.41) is 5.11. The first-order valence-electron chi connectivity index (χ1n) is 11.0. The van der Waals surface area contributed by atoms with Crippen LogP contribution in [0.1, 0.15) is 28.4 Å². The van der Waals surface area contributed by atoms with Crippen molar-refractivity contribution in [2.75, 3.05) is 7.11 Å². The molecule has 5 rings (SSSR count). The molecular formula is C26H24N4O3. The maximum Gasteiger partial charge on any atom is 0.328 e. The van der Waals surface area contributed by atoms with E-state index in [1.165, 1.54) is 7.11 Å². The number of aryl methyl sites for hydroxylation is 1. The Hall–Kier alpha value is -4.00. The minimum Gasteiger partial charge on any atom is -0.467 e. The molecule has 3 heterocycles. The molecule has 1 aliphatic rings. The van der Waals surface area contributed by atoms with Crippen LogP contribution in [0.3, 0.4) is 0 Å². The number of carbonyl (C=O) groups is 2. The zero-order valence-corrected chi connectivity index (χ0v) is 18.6. The van der Waals surface area contributed by atoms with Gasteiger partial charge in [-0.25, -0.2) is 14.5 Å². The molecule has 0 N–H and O–H groups in total. The van der Waals surface area contributed by atoms with Crippen molar-refractivity contribution in [3.8, 4) is 11.3 Å². The van der Waals surface area contributed by atoms with E-state index in [9.17, 15) is 9.59 Å². The summed E-state index contributed by atoms with van der Waals surface area (Å²) in [5.74, 6) is -0.657. The maximum atomic E-state index is 14.0. The van der Waals surface area contributed by atoms with Gasteiger partial charge in [-0.1, -0.05) is 54.6 Å². The van der Waals surface area contributed by atoms with Crippen LogP contribution in [0.25, 0.3) is 22.3 Å². The van der Waals surface area contributed by atoms with Crippen molar-refractivity contribution in [2.45, 2.75) is 32.5 Å². The summed E-state index contributed by atoms with van der Waals surface area (Å²) in [4.78, 5) is 33.1. The zero-order valence-electron chi connectivity index (χ0n) is 18.6. The van der Waals surface area contributed by atoms with Gasteiger partial charge in [-0.3, -0.25) is 4.79 Å². The van der Waals surface area contributed by atoms with Crippen LogP contribution in [0.2, 0.25) is 0 Å². The van der Waals surface area contributed by atoms with Gasteiger partial charge in [-0.05, 0) is 24.1 Å². The SMILES string of the molecule is CCn1ncc2c(C(=O)N3Cc4ccccc4CC3C(=O)OC)cc(-c3ccccc3)nc21. The largest absolute Gasteiger partial charge is 0.467 e. The molecule has 1 unspecified atom stereocenters. The summed E-state index contributed by atoms with van der Waals surface area (Å²) in [6, 6.07) is 18.7. The third-order valence-electron chi connectivity index (χ3n) is 6.19. The summed E-state index contributed by atoms with van der Waals surface area (Å²) in [6.07, 6.45) is 2.10. The van der Waals surface area contributed by atoms with Crippen molar-refractivity contribution in [2.24, 2.45) is 0 Å². The molecule has 0 saturated carbocycles. The molecule has 7 heteroatoms. The lowest BCUT2D eigenvalue weighted by molar-refractivity contribution is -0.146. The lowest BCUT2D eigenvalue weighted by atomic mass is 9.93. The number of esters is 1. The van der Waals surface area contributed by atoms with Crippen molar-refractivity contribution in [3.63, 3.8) is 0 Å². The van der Waals surface area contributed by atoms with Gasteiger partial charge >= 0.3 is 5.97 Å². The number of carbonyl (C=O) groups excluding carboxylic acids is 2. The Bertz CT molecular complexity index is 1350. The van der Waals surface area contributed by atoms with Crippen molar-refractivity contribution in [3.05, 3.63) is 83.6 Å². The van der Waals surface area contributed by atoms with Crippen LogP contribution < -0.4 is 0 Å². The number of hydrogen-bond donors (Lipinski definition) is 0. The van der Waals surface area contributed by atoms with E-state index in [-0.39, 0.29) is 5.91 Å². The molecule has 0 aliphatic carbocycles. The summed E-state index contributed by atoms with van der Waals surface area (Å²) in [7, 11) is 1.36. The van der Waals surface area contributed by atoms with Crippen molar-refractivity contribution in [1.29, 1.82) is 0 Å². The molecule has 0 saturated heterocycles. The van der Waals surface area contributed by atoms with Gasteiger partial charge in [0.05, 0.1) is 30.0 Å². The first-order valence-corrected chi connectivity index (χ1v) is 11.0. The topological polar surface area (TPSA) is 77.3 Å². The van der Waals surface area contributed by atoms with Gasteiger partial charge in [0.25, 0.3) is 5.91 Å². The van der Waals surface area contributed by atoms with Crippen LogP contribution in [0.5, 0.6) is 0 Å². The average molecular weight is 441 g/mol. The number of rotatable bonds is 4. The Morgan fingerprint density at radius 2 is 1.79 bits per heavy atom. The molecule has 1 atom stereocenters. The number of benzene rings is 2. The monoisotopic (exact) mass is 440 g/mol. The second-order valence-electron chi connectivity index (χ2n) is 8.06. The molecule has 0 fully saturated rings. The van der Waals surface area contributed by atoms with E-state index in [0.29, 0.717) is 41.8 Å². The van der Waals surface area contributed by atoms with E-state index in [1.54, 1.807) is 21.8 Å². The van der Waals surface area contributed by atoms with Gasteiger partial charge in [-0.2, -0.15) is 5.10 Å². The predicted molar refractivity (Wildman–Crippen MR) is 124 cm³/mol. The summed E-state index contributed by atoms with van der Waals surface area (Å²) in [6.45, 7) is 2.95. The van der Waals surface area contributed by atoms with E-state index in [2.05, 4.69) is 5.10 Å². The predicted octanol–water partition coefficient (Wildman–Crippen LogP) is 3.86. The molecule has 4 aromatic rings. The standard InChI is InChI=1S/C26H24N4O3/c1-3-30-24-21(15-27-30)20(14-22(28-24)17-9-5-4-6-10-17)25(31)29-16-19-12-8-7-11-18(19)13-23(29)26(32)33-2/h4-12,14-15,23H,3,13,16H2,1-2H3. The van der Waals surface area contributed by atoms with E-state index in [1.807, 2.05) is 61.5 Å². The summed E-state index contributed by atoms with van der Waals surface area (Å²) in [5.41, 5.74) is 4.81. The second-order valence-corrected chi connectivity index (χ2v) is 8.06. The molecule has 0 spiro atoms. The first-order chi connectivity index (χ1) is 16.1. The number of amides is 1. The Morgan fingerprint density at radius 1 is 1.06 bits per heavy atom. The fourth-order valence-electron chi connectivity index (χ4n) is 4.45. The minimum atomic E-state index is -0.693. The van der Waals surface area contributed by atoms with Gasteiger partial charge in [0, 0.05) is 25.1 Å². The Labute approximate surface area is 191 Å². The third kappa shape index (κ3) is 3.65. The number of pyridine rings is 1. The Balaban J connectivity index is 1.65. The van der Waals surface area contributed by atoms with Gasteiger partial charge in [0.2, 0.25) is 0 Å². The molecule has 7 nitrogen and oxygen atoms in total. The highest BCUT2D eigenvalue weighted by molar-refractivity contribution is 6.07. The zero-order chi connectivity index (χ0) is 22.9. The number of methoxy groups -OCH3 is 1. The second kappa shape index (κ2) is 8.50. The lowest BCUT2D eigenvalue weighted by Crippen LogP contribution is -2.49. The number of aromatic nitrogens is 3. The first kappa shape index (κ1) is 20.9. The smallest absolute Gasteiger partial charge is 0.328 e. The third-order valence-corrected chi connectivity index (χ3v) is 6.19. The average Bonchev–Trinajstić information content (AvgIpc) is 3.30. The van der Waals surface area contributed by atoms with E-state index >= 15 is 0 Å². The molecule has 1 amide bonds. The number of ether oxygens (including phenoxy) is 1. The van der Waals surface area contributed by atoms with Crippen molar-refractivity contribution in [1.82, 2.24) is 19.7 Å². The summed E-state index contributed by atoms with van der Waals surface area (Å²) < 4.78 is 6.84. The van der Waals surface area contributed by atoms with Gasteiger partial charge < -0.3 is 9.64 Å². The molecule has 0 radical (unpaired) electrons. The van der Waals surface area contributed by atoms with Crippen LogP contribution in [-0.4, -0.2) is 44.7 Å². The normalized spacial score (nSPS) is 15.3. The number of hydrogen-bond acceptors (Lipinski definition) is 5. The van der Waals surface area contributed by atoms with Gasteiger partial charge in [0.1, 0.15) is 6.04 Å². The fraction of sp³-hybridized carbons (Fsp3) is 0.231. The molecule has 2 aromatic heterocycles. The van der Waals surface area contributed by atoms with Crippen molar-refractivity contribution < 1.29 is 14.3 Å². The molecule has 1 aliphatic heterocycles. The van der Waals surface area contributed by atoms with Crippen LogP contribution >= 0.6 is 0 Å². The van der Waals surface area contributed by atoms with E-state index < -0.39 is 12.0 Å². The van der Waals surface area contributed by atoms with Crippen LogP contribution in [-0.2, 0) is 29.0 Å². The quantitative estimate of drug-likeness (QED) is 0.451. The highest BCUT2D eigenvalue weighted by Crippen LogP contribution is 2.30. The molecule has 166 valence electrons. The number of fused-ring (bicyclic) bond motifs is 2. The minimum absolute atomic E-state index is 0.236. The molecule has 33 heavy (non-hydrogen) atoms. The lowest BCUT2D eigenvalue weighted by Gasteiger charge is -2.35. The molecular weight excluding hydrogens is 416 g/mol. The molecule has 2 aromatic carbocycles. The van der Waals surface area contributed by atoms with E-state index in [0.717, 1.165) is 16.7 Å². The maximum absolute atomic E-state index is 14.0. The van der Waals surface area contributed by atoms with Crippen LogP contribution in [0, 0.1) is 0 Å². The van der Waals surface area contributed by atoms with Gasteiger partial charge in [0.15, 0.2) is 5.65 Å². The summed E-state index contributed by atoms with van der Waals surface area (Å²) >= 11 is 0. The number of nitrogens with zero attached hydrogens (tertiary/aromatic N) is 4. The highest BCUT2D eigenvalue weighted by Gasteiger charge is 2.36. The van der Waals surface area contributed by atoms with Crippen LogP contribution in [0.4, 0.5) is 0 Å². The fourth-order valence-corrected chi connectivity index (χ4v) is 4.45. The highest BCUT2D eigenvalue weighted by atomic mass is 16.5.